The molecule has 2 rings (SSSR count). The lowest BCUT2D eigenvalue weighted by molar-refractivity contribution is 0.102. The number of rotatable bonds is 6. The van der Waals surface area contributed by atoms with Crippen LogP contribution >= 0.6 is 0 Å². The van der Waals surface area contributed by atoms with Crippen molar-refractivity contribution in [2.75, 3.05) is 18.4 Å². The molecule has 0 saturated heterocycles. The summed E-state index contributed by atoms with van der Waals surface area (Å²) in [5.74, 6) is -0.955. The normalized spacial score (nSPS) is 11.6. The Hall–Kier alpha value is -2.25. The van der Waals surface area contributed by atoms with Crippen LogP contribution < -0.4 is 5.32 Å². The van der Waals surface area contributed by atoms with E-state index in [-0.39, 0.29) is 10.5 Å². The SMILES string of the molecule is CCN(CC)S(=O)(=O)c1cccc(C(=O)Nc2cc(F)ccc2C)c1. The molecule has 0 atom stereocenters. The number of benzene rings is 2. The van der Waals surface area contributed by atoms with Crippen molar-refractivity contribution >= 4 is 21.6 Å². The van der Waals surface area contributed by atoms with E-state index in [1.165, 1.54) is 40.7 Å². The Morgan fingerprint density at radius 3 is 2.44 bits per heavy atom. The van der Waals surface area contributed by atoms with Crippen molar-refractivity contribution < 1.29 is 17.6 Å². The van der Waals surface area contributed by atoms with Gasteiger partial charge in [-0.1, -0.05) is 26.0 Å². The van der Waals surface area contributed by atoms with Crippen molar-refractivity contribution in [3.05, 3.63) is 59.4 Å². The van der Waals surface area contributed by atoms with Crippen LogP contribution in [0.4, 0.5) is 10.1 Å². The summed E-state index contributed by atoms with van der Waals surface area (Å²) in [6, 6.07) is 9.92. The minimum absolute atomic E-state index is 0.0554. The maximum Gasteiger partial charge on any atom is 0.255 e. The van der Waals surface area contributed by atoms with Gasteiger partial charge in [-0.15, -0.1) is 0 Å². The van der Waals surface area contributed by atoms with E-state index in [9.17, 15) is 17.6 Å². The number of aryl methyl sites for hydroxylation is 1. The van der Waals surface area contributed by atoms with Crippen LogP contribution in [0.5, 0.6) is 0 Å². The van der Waals surface area contributed by atoms with Gasteiger partial charge in [-0.3, -0.25) is 4.79 Å². The van der Waals surface area contributed by atoms with Crippen LogP contribution in [0, 0.1) is 12.7 Å². The van der Waals surface area contributed by atoms with Gasteiger partial charge in [0.2, 0.25) is 10.0 Å². The molecule has 0 aliphatic carbocycles. The summed E-state index contributed by atoms with van der Waals surface area (Å²) in [7, 11) is -3.65. The van der Waals surface area contributed by atoms with Gasteiger partial charge in [0, 0.05) is 24.3 Å². The van der Waals surface area contributed by atoms with E-state index in [0.717, 1.165) is 0 Å². The fourth-order valence-electron chi connectivity index (χ4n) is 2.43. The van der Waals surface area contributed by atoms with Crippen LogP contribution in [0.15, 0.2) is 47.4 Å². The molecule has 0 aliphatic heterocycles. The Labute approximate surface area is 147 Å². The molecule has 0 aromatic heterocycles. The smallest absolute Gasteiger partial charge is 0.255 e. The number of nitrogens with one attached hydrogen (secondary N) is 1. The van der Waals surface area contributed by atoms with E-state index in [4.69, 9.17) is 0 Å². The van der Waals surface area contributed by atoms with Gasteiger partial charge in [0.1, 0.15) is 5.82 Å². The fraction of sp³-hybridized carbons (Fsp3) is 0.278. The van der Waals surface area contributed by atoms with Gasteiger partial charge in [0.15, 0.2) is 0 Å². The van der Waals surface area contributed by atoms with Gasteiger partial charge < -0.3 is 5.32 Å². The molecule has 1 N–H and O–H groups in total. The van der Waals surface area contributed by atoms with E-state index in [1.807, 2.05) is 0 Å². The maximum atomic E-state index is 13.4. The molecule has 1 amide bonds. The van der Waals surface area contributed by atoms with Gasteiger partial charge in [0.05, 0.1) is 4.90 Å². The molecule has 7 heteroatoms. The number of amides is 1. The summed E-state index contributed by atoms with van der Waals surface area (Å²) in [6.07, 6.45) is 0. The topological polar surface area (TPSA) is 66.5 Å². The predicted molar refractivity (Wildman–Crippen MR) is 95.6 cm³/mol. The van der Waals surface area contributed by atoms with Gasteiger partial charge in [-0.25, -0.2) is 12.8 Å². The number of hydrogen-bond acceptors (Lipinski definition) is 3. The van der Waals surface area contributed by atoms with Crippen molar-refractivity contribution in [3.8, 4) is 0 Å². The molecule has 0 saturated carbocycles. The van der Waals surface area contributed by atoms with E-state index in [0.29, 0.717) is 24.3 Å². The monoisotopic (exact) mass is 364 g/mol. The van der Waals surface area contributed by atoms with Crippen LogP contribution in [-0.4, -0.2) is 31.7 Å². The Bertz CT molecular complexity index is 878. The zero-order valence-corrected chi connectivity index (χ0v) is 15.2. The first-order chi connectivity index (χ1) is 11.8. The number of anilines is 1. The molecular weight excluding hydrogens is 343 g/mol. The van der Waals surface area contributed by atoms with Crippen LogP contribution in [0.1, 0.15) is 29.8 Å². The number of carbonyl (C=O) groups is 1. The van der Waals surface area contributed by atoms with Gasteiger partial charge in [-0.2, -0.15) is 4.31 Å². The lowest BCUT2D eigenvalue weighted by atomic mass is 10.1. The van der Waals surface area contributed by atoms with Gasteiger partial charge in [0.25, 0.3) is 5.91 Å². The standard InChI is InChI=1S/C18H21FN2O3S/c1-4-21(5-2)25(23,24)16-8-6-7-14(11-16)18(22)20-17-12-15(19)10-9-13(17)3/h6-12H,4-5H2,1-3H3,(H,20,22). The van der Waals surface area contributed by atoms with Crippen molar-refractivity contribution in [1.29, 1.82) is 0 Å². The first-order valence-corrected chi connectivity index (χ1v) is 9.41. The molecule has 0 heterocycles. The van der Waals surface area contributed by atoms with Crippen molar-refractivity contribution in [2.45, 2.75) is 25.7 Å². The van der Waals surface area contributed by atoms with Crippen LogP contribution in [0.3, 0.4) is 0 Å². The van der Waals surface area contributed by atoms with Crippen molar-refractivity contribution in [1.82, 2.24) is 4.31 Å². The van der Waals surface area contributed by atoms with E-state index < -0.39 is 21.7 Å². The zero-order chi connectivity index (χ0) is 18.6. The summed E-state index contributed by atoms with van der Waals surface area (Å²) in [6.45, 7) is 5.94. The number of hydrogen-bond donors (Lipinski definition) is 1. The average Bonchev–Trinajstić information content (AvgIpc) is 2.59. The number of carbonyl (C=O) groups excluding carboxylic acids is 1. The van der Waals surface area contributed by atoms with E-state index >= 15 is 0 Å². The first-order valence-electron chi connectivity index (χ1n) is 7.97. The van der Waals surface area contributed by atoms with Crippen LogP contribution in [0.25, 0.3) is 0 Å². The zero-order valence-electron chi connectivity index (χ0n) is 14.4. The lowest BCUT2D eigenvalue weighted by Crippen LogP contribution is -2.30. The summed E-state index contributed by atoms with van der Waals surface area (Å²) in [5, 5.41) is 2.62. The Morgan fingerprint density at radius 2 is 1.80 bits per heavy atom. The van der Waals surface area contributed by atoms with Crippen LogP contribution in [-0.2, 0) is 10.0 Å². The number of halogens is 1. The molecule has 0 spiro atoms. The Kier molecular flexibility index (Phi) is 5.92. The first kappa shape index (κ1) is 19.1. The molecule has 2 aromatic rings. The highest BCUT2D eigenvalue weighted by molar-refractivity contribution is 7.89. The quantitative estimate of drug-likeness (QED) is 0.854. The molecule has 0 radical (unpaired) electrons. The second-order valence-corrected chi connectivity index (χ2v) is 7.47. The predicted octanol–water partition coefficient (Wildman–Crippen LogP) is 3.42. The summed E-state index contributed by atoms with van der Waals surface area (Å²) in [5.41, 5.74) is 1.25. The summed E-state index contributed by atoms with van der Waals surface area (Å²) < 4.78 is 39.8. The van der Waals surface area contributed by atoms with Gasteiger partial charge >= 0.3 is 0 Å². The Morgan fingerprint density at radius 1 is 1.12 bits per heavy atom. The maximum absolute atomic E-state index is 13.4. The number of nitrogens with zero attached hydrogens (tertiary/aromatic N) is 1. The minimum Gasteiger partial charge on any atom is -0.322 e. The molecular formula is C18H21FN2O3S. The molecule has 0 bridgehead atoms. The average molecular weight is 364 g/mol. The molecule has 0 aliphatic rings. The summed E-state index contributed by atoms with van der Waals surface area (Å²) >= 11 is 0. The van der Waals surface area contributed by atoms with Crippen molar-refractivity contribution in [2.24, 2.45) is 0 Å². The highest BCUT2D eigenvalue weighted by atomic mass is 32.2. The minimum atomic E-state index is -3.65. The Balaban J connectivity index is 2.32. The highest BCUT2D eigenvalue weighted by Crippen LogP contribution is 2.20. The number of sulfonamides is 1. The van der Waals surface area contributed by atoms with Gasteiger partial charge in [-0.05, 0) is 42.8 Å². The molecule has 5 nitrogen and oxygen atoms in total. The highest BCUT2D eigenvalue weighted by Gasteiger charge is 2.22. The third kappa shape index (κ3) is 4.24. The van der Waals surface area contributed by atoms with Crippen LogP contribution in [0.2, 0.25) is 0 Å². The summed E-state index contributed by atoms with van der Waals surface area (Å²) in [4.78, 5) is 12.5. The molecule has 0 fully saturated rings. The molecule has 0 unspecified atom stereocenters. The molecule has 25 heavy (non-hydrogen) atoms. The third-order valence-corrected chi connectivity index (χ3v) is 5.93. The second-order valence-electron chi connectivity index (χ2n) is 5.53. The second kappa shape index (κ2) is 7.76. The van der Waals surface area contributed by atoms with Crippen molar-refractivity contribution in [3.63, 3.8) is 0 Å². The molecule has 134 valence electrons. The lowest BCUT2D eigenvalue weighted by Gasteiger charge is -2.18. The fourth-order valence-corrected chi connectivity index (χ4v) is 3.94. The largest absolute Gasteiger partial charge is 0.322 e. The van der Waals surface area contributed by atoms with E-state index in [1.54, 1.807) is 26.8 Å². The third-order valence-electron chi connectivity index (χ3n) is 3.89. The van der Waals surface area contributed by atoms with E-state index in [2.05, 4.69) is 5.32 Å². The molecule has 2 aromatic carbocycles.